The smallest absolute Gasteiger partial charge is 0.240 e. The highest BCUT2D eigenvalue weighted by atomic mass is 32.2. The van der Waals surface area contributed by atoms with E-state index in [1.807, 2.05) is 32.0 Å². The molecule has 0 spiro atoms. The van der Waals surface area contributed by atoms with Gasteiger partial charge >= 0.3 is 0 Å². The van der Waals surface area contributed by atoms with Crippen molar-refractivity contribution in [3.05, 3.63) is 29.3 Å². The van der Waals surface area contributed by atoms with Crippen molar-refractivity contribution in [3.63, 3.8) is 0 Å². The summed E-state index contributed by atoms with van der Waals surface area (Å²) in [6.07, 6.45) is 1.63. The molecule has 114 valence electrons. The molecule has 1 aromatic rings. The first-order chi connectivity index (χ1) is 9.40. The summed E-state index contributed by atoms with van der Waals surface area (Å²) in [6.45, 7) is 3.68. The third kappa shape index (κ3) is 4.86. The molecule has 0 saturated heterocycles. The summed E-state index contributed by atoms with van der Waals surface area (Å²) in [6, 6.07) is 5.16. The molecule has 3 N–H and O–H groups in total. The van der Waals surface area contributed by atoms with Gasteiger partial charge in [-0.2, -0.15) is 0 Å². The molecule has 1 aromatic carbocycles. The van der Waals surface area contributed by atoms with Gasteiger partial charge < -0.3 is 10.6 Å². The van der Waals surface area contributed by atoms with Crippen molar-refractivity contribution in [2.75, 3.05) is 27.2 Å². The van der Waals surface area contributed by atoms with E-state index in [9.17, 15) is 8.42 Å². The minimum atomic E-state index is -3.44. The highest BCUT2D eigenvalue weighted by Crippen LogP contribution is 2.16. The summed E-state index contributed by atoms with van der Waals surface area (Å²) in [4.78, 5) is 2.32. The van der Waals surface area contributed by atoms with Crippen LogP contribution in [0, 0.1) is 0 Å². The van der Waals surface area contributed by atoms with Gasteiger partial charge in [0, 0.05) is 13.1 Å². The van der Waals surface area contributed by atoms with Crippen LogP contribution in [0.5, 0.6) is 0 Å². The average Bonchev–Trinajstić information content (AvgIpc) is 2.42. The third-order valence-electron chi connectivity index (χ3n) is 3.16. The molecule has 0 atom stereocenters. The van der Waals surface area contributed by atoms with Crippen LogP contribution in [0.15, 0.2) is 23.1 Å². The van der Waals surface area contributed by atoms with Gasteiger partial charge in [0.2, 0.25) is 10.0 Å². The van der Waals surface area contributed by atoms with Crippen LogP contribution in [0.1, 0.15) is 24.5 Å². The Kier molecular flexibility index (Phi) is 6.61. The van der Waals surface area contributed by atoms with Crippen molar-refractivity contribution in [2.45, 2.75) is 31.2 Å². The number of nitrogens with zero attached hydrogens (tertiary/aromatic N) is 1. The lowest BCUT2D eigenvalue weighted by Gasteiger charge is -2.12. The molecule has 0 bridgehead atoms. The second-order valence-corrected chi connectivity index (χ2v) is 6.81. The van der Waals surface area contributed by atoms with E-state index in [2.05, 4.69) is 4.72 Å². The molecule has 6 heteroatoms. The van der Waals surface area contributed by atoms with Gasteiger partial charge in [-0.3, -0.25) is 0 Å². The van der Waals surface area contributed by atoms with Crippen LogP contribution >= 0.6 is 0 Å². The second kappa shape index (κ2) is 7.73. The van der Waals surface area contributed by atoms with Gasteiger partial charge in [-0.25, -0.2) is 13.1 Å². The second-order valence-electron chi connectivity index (χ2n) is 5.04. The number of sulfonamides is 1. The minimum Gasteiger partial charge on any atom is -0.326 e. The Labute approximate surface area is 122 Å². The predicted molar refractivity (Wildman–Crippen MR) is 82.1 cm³/mol. The fourth-order valence-corrected chi connectivity index (χ4v) is 3.11. The van der Waals surface area contributed by atoms with E-state index in [1.54, 1.807) is 12.1 Å². The predicted octanol–water partition coefficient (Wildman–Crippen LogP) is 0.938. The molecule has 20 heavy (non-hydrogen) atoms. The van der Waals surface area contributed by atoms with Crippen molar-refractivity contribution in [2.24, 2.45) is 5.73 Å². The molecular weight excluding hydrogens is 274 g/mol. The highest BCUT2D eigenvalue weighted by Gasteiger charge is 2.14. The Morgan fingerprint density at radius 1 is 1.25 bits per heavy atom. The summed E-state index contributed by atoms with van der Waals surface area (Å²) in [5, 5.41) is 0. The Balaban J connectivity index is 2.77. The summed E-state index contributed by atoms with van der Waals surface area (Å²) in [7, 11) is 0.488. The Bertz CT molecular complexity index is 527. The molecule has 0 amide bonds. The lowest BCUT2D eigenvalue weighted by molar-refractivity contribution is 0.400. The molecule has 0 radical (unpaired) electrons. The van der Waals surface area contributed by atoms with Crippen LogP contribution in [0.25, 0.3) is 0 Å². The number of nitrogens with one attached hydrogen (secondary N) is 1. The van der Waals surface area contributed by atoms with Crippen molar-refractivity contribution >= 4 is 10.0 Å². The monoisotopic (exact) mass is 299 g/mol. The molecule has 5 nitrogen and oxygen atoms in total. The zero-order chi connectivity index (χ0) is 15.2. The van der Waals surface area contributed by atoms with Crippen molar-refractivity contribution in [3.8, 4) is 0 Å². The molecule has 0 unspecified atom stereocenters. The SMILES string of the molecule is CCc1ccc(S(=O)(=O)NCCCN(C)C)cc1CN. The standard InChI is InChI=1S/C14H25N3O2S/c1-4-12-6-7-14(10-13(12)11-15)20(18,19)16-8-5-9-17(2)3/h6-7,10,16H,4-5,8-9,11,15H2,1-3H3. The Morgan fingerprint density at radius 3 is 2.50 bits per heavy atom. The fraction of sp³-hybridized carbons (Fsp3) is 0.571. The summed E-state index contributed by atoms with van der Waals surface area (Å²) in [5.74, 6) is 0. The van der Waals surface area contributed by atoms with E-state index in [1.165, 1.54) is 0 Å². The molecular formula is C14H25N3O2S. The van der Waals surface area contributed by atoms with Crippen molar-refractivity contribution < 1.29 is 8.42 Å². The van der Waals surface area contributed by atoms with E-state index < -0.39 is 10.0 Å². The number of benzene rings is 1. The van der Waals surface area contributed by atoms with Crippen LogP contribution in [-0.2, 0) is 23.0 Å². The number of hydrogen-bond donors (Lipinski definition) is 2. The first-order valence-electron chi connectivity index (χ1n) is 6.87. The van der Waals surface area contributed by atoms with Crippen LogP contribution in [-0.4, -0.2) is 40.5 Å². The van der Waals surface area contributed by atoms with Gasteiger partial charge in [-0.1, -0.05) is 13.0 Å². The van der Waals surface area contributed by atoms with E-state index >= 15 is 0 Å². The average molecular weight is 299 g/mol. The number of aryl methyl sites for hydroxylation is 1. The van der Waals surface area contributed by atoms with Gasteiger partial charge in [0.25, 0.3) is 0 Å². The van der Waals surface area contributed by atoms with E-state index in [4.69, 9.17) is 5.73 Å². The number of rotatable bonds is 8. The number of hydrogen-bond acceptors (Lipinski definition) is 4. The summed E-state index contributed by atoms with van der Waals surface area (Å²) >= 11 is 0. The van der Waals surface area contributed by atoms with E-state index in [0.717, 1.165) is 30.5 Å². The van der Waals surface area contributed by atoms with Gasteiger partial charge in [0.15, 0.2) is 0 Å². The minimum absolute atomic E-state index is 0.292. The molecule has 0 heterocycles. The maximum atomic E-state index is 12.2. The Morgan fingerprint density at radius 2 is 1.95 bits per heavy atom. The third-order valence-corrected chi connectivity index (χ3v) is 4.62. The maximum Gasteiger partial charge on any atom is 0.240 e. The molecule has 0 aliphatic carbocycles. The fourth-order valence-electron chi connectivity index (χ4n) is 1.99. The lowest BCUT2D eigenvalue weighted by Crippen LogP contribution is -2.27. The van der Waals surface area contributed by atoms with Gasteiger partial charge in [0.1, 0.15) is 0 Å². The maximum absolute atomic E-state index is 12.2. The highest BCUT2D eigenvalue weighted by molar-refractivity contribution is 7.89. The molecule has 1 rings (SSSR count). The van der Waals surface area contributed by atoms with Gasteiger partial charge in [-0.15, -0.1) is 0 Å². The lowest BCUT2D eigenvalue weighted by atomic mass is 10.1. The van der Waals surface area contributed by atoms with Crippen molar-refractivity contribution in [1.82, 2.24) is 9.62 Å². The first-order valence-corrected chi connectivity index (χ1v) is 8.35. The molecule has 0 aromatic heterocycles. The van der Waals surface area contributed by atoms with Gasteiger partial charge in [-0.05, 0) is 56.7 Å². The Hall–Kier alpha value is -0.950. The van der Waals surface area contributed by atoms with Crippen LogP contribution < -0.4 is 10.5 Å². The normalized spacial score (nSPS) is 12.1. The van der Waals surface area contributed by atoms with E-state index in [-0.39, 0.29) is 0 Å². The first kappa shape index (κ1) is 17.1. The molecule has 0 fully saturated rings. The van der Waals surface area contributed by atoms with Crippen molar-refractivity contribution in [1.29, 1.82) is 0 Å². The van der Waals surface area contributed by atoms with Crippen LogP contribution in [0.3, 0.4) is 0 Å². The van der Waals surface area contributed by atoms with Crippen LogP contribution in [0.2, 0.25) is 0 Å². The zero-order valence-corrected chi connectivity index (χ0v) is 13.3. The molecule has 0 aliphatic heterocycles. The number of nitrogens with two attached hydrogens (primary N) is 1. The molecule has 0 saturated carbocycles. The van der Waals surface area contributed by atoms with Crippen LogP contribution in [0.4, 0.5) is 0 Å². The quantitative estimate of drug-likeness (QED) is 0.701. The van der Waals surface area contributed by atoms with E-state index in [0.29, 0.717) is 18.0 Å². The summed E-state index contributed by atoms with van der Waals surface area (Å²) in [5.41, 5.74) is 7.66. The topological polar surface area (TPSA) is 75.4 Å². The van der Waals surface area contributed by atoms with Gasteiger partial charge in [0.05, 0.1) is 4.90 Å². The largest absolute Gasteiger partial charge is 0.326 e. The molecule has 0 aliphatic rings. The zero-order valence-electron chi connectivity index (χ0n) is 12.5. The summed E-state index contributed by atoms with van der Waals surface area (Å²) < 4.78 is 27.0.